The van der Waals surface area contributed by atoms with Gasteiger partial charge < -0.3 is 15.0 Å². The van der Waals surface area contributed by atoms with Crippen LogP contribution in [0.1, 0.15) is 12.8 Å². The fraction of sp³-hybridized carbons (Fsp3) is 0.600. The highest BCUT2D eigenvalue weighted by Gasteiger charge is 2.35. The molecular weight excluding hydrogens is 368 g/mol. The summed E-state index contributed by atoms with van der Waals surface area (Å²) in [5.74, 6) is 0.411. The van der Waals surface area contributed by atoms with Crippen LogP contribution in [0.25, 0.3) is 0 Å². The van der Waals surface area contributed by atoms with Crippen LogP contribution in [0.5, 0.6) is 5.88 Å². The Labute approximate surface area is 154 Å². The Morgan fingerprint density at radius 2 is 2.12 bits per heavy atom. The predicted molar refractivity (Wildman–Crippen MR) is 94.4 cm³/mol. The van der Waals surface area contributed by atoms with Crippen molar-refractivity contribution in [1.82, 2.24) is 19.5 Å². The van der Waals surface area contributed by atoms with Crippen molar-refractivity contribution >= 4 is 28.3 Å². The van der Waals surface area contributed by atoms with Crippen LogP contribution >= 0.6 is 12.4 Å². The highest BCUT2D eigenvalue weighted by molar-refractivity contribution is 7.89. The van der Waals surface area contributed by atoms with Gasteiger partial charge in [-0.25, -0.2) is 13.4 Å². The Kier molecular flexibility index (Phi) is 6.61. The molecule has 2 aliphatic heterocycles. The maximum atomic E-state index is 12.8. The number of carbonyl (C=O) groups is 1. The highest BCUT2D eigenvalue weighted by Crippen LogP contribution is 2.24. The normalized spacial score (nSPS) is 22.4. The molecule has 1 unspecified atom stereocenters. The number of piperazine rings is 1. The summed E-state index contributed by atoms with van der Waals surface area (Å²) in [6.07, 6.45) is 2.89. The van der Waals surface area contributed by atoms with E-state index in [4.69, 9.17) is 4.74 Å². The van der Waals surface area contributed by atoms with Crippen molar-refractivity contribution in [2.45, 2.75) is 23.8 Å². The van der Waals surface area contributed by atoms with E-state index in [9.17, 15) is 13.2 Å². The Morgan fingerprint density at radius 3 is 2.76 bits per heavy atom. The van der Waals surface area contributed by atoms with E-state index in [1.807, 2.05) is 4.90 Å². The van der Waals surface area contributed by atoms with E-state index < -0.39 is 10.0 Å². The zero-order valence-electron chi connectivity index (χ0n) is 14.1. The van der Waals surface area contributed by atoms with Crippen molar-refractivity contribution in [3.05, 3.63) is 18.3 Å². The third-order valence-electron chi connectivity index (χ3n) is 4.48. The molecule has 2 aliphatic rings. The molecule has 0 radical (unpaired) electrons. The molecule has 1 atom stereocenters. The van der Waals surface area contributed by atoms with Gasteiger partial charge in [0.1, 0.15) is 4.90 Å². The minimum absolute atomic E-state index is 0. The molecule has 8 nitrogen and oxygen atoms in total. The lowest BCUT2D eigenvalue weighted by Gasteiger charge is -2.40. The first kappa shape index (κ1) is 19.9. The number of halogens is 1. The molecule has 10 heteroatoms. The summed E-state index contributed by atoms with van der Waals surface area (Å²) < 4.78 is 32.1. The number of ether oxygens (including phenoxy) is 1. The molecule has 0 spiro atoms. The Bertz CT molecular complexity index is 698. The van der Waals surface area contributed by atoms with Crippen molar-refractivity contribution in [1.29, 1.82) is 0 Å². The molecule has 140 valence electrons. The molecule has 3 rings (SSSR count). The number of carbonyl (C=O) groups excluding carboxylic acids is 1. The topological polar surface area (TPSA) is 91.8 Å². The van der Waals surface area contributed by atoms with E-state index in [0.29, 0.717) is 32.1 Å². The molecule has 1 amide bonds. The lowest BCUT2D eigenvalue weighted by atomic mass is 10.1. The molecule has 3 heterocycles. The zero-order chi connectivity index (χ0) is 17.2. The number of methoxy groups -OCH3 is 1. The van der Waals surface area contributed by atoms with Gasteiger partial charge in [0.25, 0.3) is 0 Å². The molecule has 0 bridgehead atoms. The number of nitrogens with one attached hydrogen (secondary N) is 1. The molecule has 0 aromatic carbocycles. The van der Waals surface area contributed by atoms with Crippen molar-refractivity contribution in [3.63, 3.8) is 0 Å². The summed E-state index contributed by atoms with van der Waals surface area (Å²) in [7, 11) is -2.13. The number of pyridine rings is 1. The maximum absolute atomic E-state index is 12.8. The minimum Gasteiger partial charge on any atom is -0.481 e. The molecule has 1 aromatic heterocycles. The molecule has 0 aliphatic carbocycles. The number of sulfonamides is 1. The summed E-state index contributed by atoms with van der Waals surface area (Å²) in [5.41, 5.74) is 0. The molecule has 2 fully saturated rings. The van der Waals surface area contributed by atoms with Crippen molar-refractivity contribution < 1.29 is 17.9 Å². The van der Waals surface area contributed by atoms with Gasteiger partial charge in [0.05, 0.1) is 19.9 Å². The molecule has 1 aromatic rings. The summed E-state index contributed by atoms with van der Waals surface area (Å²) >= 11 is 0. The van der Waals surface area contributed by atoms with Gasteiger partial charge in [-0.05, 0) is 18.9 Å². The van der Waals surface area contributed by atoms with E-state index in [1.165, 1.54) is 29.7 Å². The summed E-state index contributed by atoms with van der Waals surface area (Å²) in [5, 5.41) is 3.04. The van der Waals surface area contributed by atoms with Crippen LogP contribution in [0.15, 0.2) is 23.2 Å². The first-order valence-corrected chi connectivity index (χ1v) is 9.47. The number of amides is 1. The van der Waals surface area contributed by atoms with E-state index in [2.05, 4.69) is 10.3 Å². The monoisotopic (exact) mass is 390 g/mol. The number of aromatic nitrogens is 1. The third kappa shape index (κ3) is 4.22. The first-order valence-electron chi connectivity index (χ1n) is 8.03. The second-order valence-corrected chi connectivity index (χ2v) is 7.90. The Hall–Kier alpha value is -1.42. The molecule has 0 saturated carbocycles. The largest absolute Gasteiger partial charge is 0.481 e. The average molecular weight is 391 g/mol. The number of rotatable bonds is 4. The smallest absolute Gasteiger partial charge is 0.244 e. The number of nitrogens with zero attached hydrogens (tertiary/aromatic N) is 3. The fourth-order valence-corrected chi connectivity index (χ4v) is 4.65. The van der Waals surface area contributed by atoms with E-state index >= 15 is 0 Å². The summed E-state index contributed by atoms with van der Waals surface area (Å²) in [6.45, 7) is 2.50. The number of piperidine rings is 1. The standard InChI is InChI=1S/C15H22N4O4S.ClH/c1-23-14-5-4-13(9-17-14)24(21,22)18-7-2-3-12(11-18)19-8-6-16-10-15(19)20;/h4-5,9,12,16H,2-3,6-8,10-11H2,1H3;1H. The maximum Gasteiger partial charge on any atom is 0.244 e. The number of hydrogen-bond donors (Lipinski definition) is 1. The van der Waals surface area contributed by atoms with Crippen molar-refractivity contribution in [3.8, 4) is 5.88 Å². The van der Waals surface area contributed by atoms with Gasteiger partial charge in [0.2, 0.25) is 21.8 Å². The van der Waals surface area contributed by atoms with Crippen LogP contribution in [0.4, 0.5) is 0 Å². The van der Waals surface area contributed by atoms with Crippen molar-refractivity contribution in [2.75, 3.05) is 39.8 Å². The SMILES string of the molecule is COc1ccc(S(=O)(=O)N2CCCC(N3CCNCC3=O)C2)cn1.Cl. The predicted octanol–water partition coefficient (Wildman–Crippen LogP) is 0.0969. The first-order chi connectivity index (χ1) is 11.5. The second-order valence-electron chi connectivity index (χ2n) is 5.96. The highest BCUT2D eigenvalue weighted by atomic mass is 35.5. The fourth-order valence-electron chi connectivity index (χ4n) is 3.19. The molecule has 2 saturated heterocycles. The lowest BCUT2D eigenvalue weighted by molar-refractivity contribution is -0.135. The Morgan fingerprint density at radius 1 is 1.32 bits per heavy atom. The lowest BCUT2D eigenvalue weighted by Crippen LogP contribution is -2.57. The van der Waals surface area contributed by atoms with Crippen LogP contribution in [0.3, 0.4) is 0 Å². The van der Waals surface area contributed by atoms with Crippen LogP contribution in [-0.2, 0) is 14.8 Å². The zero-order valence-corrected chi connectivity index (χ0v) is 15.7. The molecule has 1 N–H and O–H groups in total. The van der Waals surface area contributed by atoms with E-state index in [-0.39, 0.29) is 29.3 Å². The van der Waals surface area contributed by atoms with Crippen LogP contribution in [0, 0.1) is 0 Å². The van der Waals surface area contributed by atoms with Gasteiger partial charge in [-0.2, -0.15) is 4.31 Å². The molecule has 25 heavy (non-hydrogen) atoms. The van der Waals surface area contributed by atoms with Crippen molar-refractivity contribution in [2.24, 2.45) is 0 Å². The second kappa shape index (κ2) is 8.31. The van der Waals surface area contributed by atoms with Gasteiger partial charge in [0.15, 0.2) is 0 Å². The average Bonchev–Trinajstić information content (AvgIpc) is 2.62. The third-order valence-corrected chi connectivity index (χ3v) is 6.33. The number of hydrogen-bond acceptors (Lipinski definition) is 6. The Balaban J connectivity index is 0.00000225. The quantitative estimate of drug-likeness (QED) is 0.783. The van der Waals surface area contributed by atoms with Gasteiger partial charge >= 0.3 is 0 Å². The van der Waals surface area contributed by atoms with Gasteiger partial charge in [-0.1, -0.05) is 0 Å². The molecular formula is C15H23ClN4O4S. The van der Waals surface area contributed by atoms with E-state index in [1.54, 1.807) is 0 Å². The van der Waals surface area contributed by atoms with Gasteiger partial charge in [0, 0.05) is 38.3 Å². The van der Waals surface area contributed by atoms with Gasteiger partial charge in [-0.15, -0.1) is 12.4 Å². The van der Waals surface area contributed by atoms with E-state index in [0.717, 1.165) is 19.4 Å². The van der Waals surface area contributed by atoms with Crippen LogP contribution in [-0.4, -0.2) is 74.4 Å². The van der Waals surface area contributed by atoms with Gasteiger partial charge in [-0.3, -0.25) is 4.79 Å². The summed E-state index contributed by atoms with van der Waals surface area (Å²) in [6, 6.07) is 2.98. The van der Waals surface area contributed by atoms with Crippen LogP contribution < -0.4 is 10.1 Å². The van der Waals surface area contributed by atoms with Crippen LogP contribution in [0.2, 0.25) is 0 Å². The minimum atomic E-state index is -3.61. The summed E-state index contributed by atoms with van der Waals surface area (Å²) in [4.78, 5) is 18.0.